The summed E-state index contributed by atoms with van der Waals surface area (Å²) in [4.78, 5) is 16.6. The van der Waals surface area contributed by atoms with Crippen molar-refractivity contribution in [3.05, 3.63) is 64.7 Å². The van der Waals surface area contributed by atoms with Crippen molar-refractivity contribution in [1.29, 1.82) is 0 Å². The van der Waals surface area contributed by atoms with E-state index in [4.69, 9.17) is 9.73 Å². The zero-order chi connectivity index (χ0) is 22.9. The number of ether oxygens (including phenoxy) is 1. The van der Waals surface area contributed by atoms with Crippen LogP contribution in [0.4, 0.5) is 0 Å². The molecule has 2 aromatic carbocycles. The maximum atomic E-state index is 11.8. The minimum Gasteiger partial charge on any atom is -0.488 e. The minimum absolute atomic E-state index is 0.0731. The van der Waals surface area contributed by atoms with Crippen LogP contribution in [0.2, 0.25) is 0 Å². The van der Waals surface area contributed by atoms with Gasteiger partial charge in [-0.2, -0.15) is 0 Å². The second-order valence-electron chi connectivity index (χ2n) is 8.48. The van der Waals surface area contributed by atoms with Gasteiger partial charge < -0.3 is 20.7 Å². The topological polar surface area (TPSA) is 74.8 Å². The minimum atomic E-state index is -0.266. The van der Waals surface area contributed by atoms with Crippen LogP contribution in [0.25, 0.3) is 0 Å². The van der Waals surface area contributed by atoms with Crippen molar-refractivity contribution in [2.24, 2.45) is 4.99 Å². The number of hydrogen-bond donors (Lipinski definition) is 3. The average molecular weight is 425 g/mol. The molecule has 0 saturated carbocycles. The van der Waals surface area contributed by atoms with Crippen molar-refractivity contribution in [2.45, 2.75) is 53.2 Å². The number of carbonyl (C=O) groups excluding carboxylic acids is 1. The van der Waals surface area contributed by atoms with Gasteiger partial charge in [0.05, 0.1) is 6.54 Å². The maximum absolute atomic E-state index is 11.8. The molecular weight excluding hydrogens is 388 g/mol. The quantitative estimate of drug-likeness (QED) is 0.445. The maximum Gasteiger partial charge on any atom is 0.251 e. The molecule has 0 heterocycles. The van der Waals surface area contributed by atoms with Gasteiger partial charge in [0, 0.05) is 31.3 Å². The third-order valence-corrected chi connectivity index (χ3v) is 4.51. The largest absolute Gasteiger partial charge is 0.488 e. The van der Waals surface area contributed by atoms with Crippen molar-refractivity contribution in [2.75, 3.05) is 20.1 Å². The normalized spacial score (nSPS) is 11.7. The van der Waals surface area contributed by atoms with E-state index in [1.54, 1.807) is 7.05 Å². The van der Waals surface area contributed by atoms with Crippen LogP contribution in [0.15, 0.2) is 47.5 Å². The lowest BCUT2D eigenvalue weighted by Crippen LogP contribution is -2.38. The Labute approximate surface area is 186 Å². The fourth-order valence-corrected chi connectivity index (χ4v) is 3.06. The number of guanidine groups is 1. The van der Waals surface area contributed by atoms with Crippen LogP contribution in [0, 0.1) is 6.92 Å². The van der Waals surface area contributed by atoms with E-state index in [1.165, 1.54) is 0 Å². The SMILES string of the molecule is CCNC(=NCc1ccc(C)cc1OC(C)(C)C)NCCc1cccc(C(=O)NC)c1. The second kappa shape index (κ2) is 11.4. The van der Waals surface area contributed by atoms with Gasteiger partial charge in [0.25, 0.3) is 5.91 Å². The van der Waals surface area contributed by atoms with Gasteiger partial charge in [0.15, 0.2) is 5.96 Å². The highest BCUT2D eigenvalue weighted by atomic mass is 16.5. The molecule has 0 aromatic heterocycles. The zero-order valence-electron chi connectivity index (χ0n) is 19.6. The number of carbonyl (C=O) groups is 1. The van der Waals surface area contributed by atoms with E-state index in [0.717, 1.165) is 41.4 Å². The van der Waals surface area contributed by atoms with Crippen molar-refractivity contribution in [3.63, 3.8) is 0 Å². The van der Waals surface area contributed by atoms with E-state index in [0.29, 0.717) is 18.7 Å². The number of hydrogen-bond acceptors (Lipinski definition) is 3. The molecule has 6 heteroatoms. The first-order valence-electron chi connectivity index (χ1n) is 10.8. The molecule has 0 unspecified atom stereocenters. The first-order chi connectivity index (χ1) is 14.7. The lowest BCUT2D eigenvalue weighted by Gasteiger charge is -2.23. The Hall–Kier alpha value is -3.02. The summed E-state index contributed by atoms with van der Waals surface area (Å²) >= 11 is 0. The number of nitrogens with one attached hydrogen (secondary N) is 3. The summed E-state index contributed by atoms with van der Waals surface area (Å²) in [5, 5.41) is 9.33. The number of aryl methyl sites for hydroxylation is 1. The van der Waals surface area contributed by atoms with Crippen molar-refractivity contribution in [1.82, 2.24) is 16.0 Å². The summed E-state index contributed by atoms with van der Waals surface area (Å²) in [7, 11) is 1.64. The average Bonchev–Trinajstić information content (AvgIpc) is 2.71. The Bertz CT molecular complexity index is 901. The number of amides is 1. The highest BCUT2D eigenvalue weighted by Gasteiger charge is 2.15. The third-order valence-electron chi connectivity index (χ3n) is 4.51. The second-order valence-corrected chi connectivity index (χ2v) is 8.48. The van der Waals surface area contributed by atoms with Gasteiger partial charge in [0.1, 0.15) is 11.4 Å². The molecule has 0 spiro atoms. The first-order valence-corrected chi connectivity index (χ1v) is 10.8. The molecule has 31 heavy (non-hydrogen) atoms. The van der Waals surface area contributed by atoms with Gasteiger partial charge >= 0.3 is 0 Å². The Morgan fingerprint density at radius 3 is 2.55 bits per heavy atom. The summed E-state index contributed by atoms with van der Waals surface area (Å²) in [6.07, 6.45) is 0.790. The molecular formula is C25H36N4O2. The van der Waals surface area contributed by atoms with Gasteiger partial charge in [-0.3, -0.25) is 4.79 Å². The molecule has 0 fully saturated rings. The number of aliphatic imine (C=N–C) groups is 1. The molecule has 0 bridgehead atoms. The summed E-state index contributed by atoms with van der Waals surface area (Å²) in [6.45, 7) is 12.3. The summed E-state index contributed by atoms with van der Waals surface area (Å²) in [5.74, 6) is 1.56. The van der Waals surface area contributed by atoms with E-state index in [9.17, 15) is 4.79 Å². The Kier molecular flexibility index (Phi) is 8.91. The van der Waals surface area contributed by atoms with E-state index < -0.39 is 0 Å². The highest BCUT2D eigenvalue weighted by molar-refractivity contribution is 5.94. The molecule has 0 radical (unpaired) electrons. The molecule has 3 N–H and O–H groups in total. The van der Waals surface area contributed by atoms with Crippen LogP contribution in [-0.2, 0) is 13.0 Å². The van der Waals surface area contributed by atoms with Gasteiger partial charge in [0.2, 0.25) is 0 Å². The molecule has 0 aliphatic heterocycles. The smallest absolute Gasteiger partial charge is 0.251 e. The van der Waals surface area contributed by atoms with Crippen LogP contribution in [0.3, 0.4) is 0 Å². The van der Waals surface area contributed by atoms with Gasteiger partial charge in [-0.05, 0) is 70.4 Å². The third kappa shape index (κ3) is 8.32. The first kappa shape index (κ1) is 24.3. The predicted octanol–water partition coefficient (Wildman–Crippen LogP) is 3.83. The van der Waals surface area contributed by atoms with Gasteiger partial charge in [-0.15, -0.1) is 0 Å². The number of nitrogens with zero attached hydrogens (tertiary/aromatic N) is 1. The molecule has 0 saturated heterocycles. The van der Waals surface area contributed by atoms with E-state index in [1.807, 2.05) is 52.0 Å². The lowest BCUT2D eigenvalue weighted by atomic mass is 10.1. The molecule has 6 nitrogen and oxygen atoms in total. The molecule has 168 valence electrons. The van der Waals surface area contributed by atoms with E-state index >= 15 is 0 Å². The highest BCUT2D eigenvalue weighted by Crippen LogP contribution is 2.25. The van der Waals surface area contributed by atoms with Crippen LogP contribution in [0.5, 0.6) is 5.75 Å². The molecule has 1 amide bonds. The molecule has 2 rings (SSSR count). The monoisotopic (exact) mass is 424 g/mol. The number of rotatable bonds is 8. The van der Waals surface area contributed by atoms with Crippen LogP contribution >= 0.6 is 0 Å². The predicted molar refractivity (Wildman–Crippen MR) is 128 cm³/mol. The van der Waals surface area contributed by atoms with Crippen molar-refractivity contribution < 1.29 is 9.53 Å². The summed E-state index contributed by atoms with van der Waals surface area (Å²) in [6, 6.07) is 13.9. The fourth-order valence-electron chi connectivity index (χ4n) is 3.06. The van der Waals surface area contributed by atoms with Crippen LogP contribution in [-0.4, -0.2) is 37.6 Å². The molecule has 2 aromatic rings. The molecule has 0 atom stereocenters. The fraction of sp³-hybridized carbons (Fsp3) is 0.440. The van der Waals surface area contributed by atoms with Crippen LogP contribution in [0.1, 0.15) is 54.7 Å². The van der Waals surface area contributed by atoms with E-state index in [-0.39, 0.29) is 11.5 Å². The van der Waals surface area contributed by atoms with Crippen LogP contribution < -0.4 is 20.7 Å². The molecule has 0 aliphatic carbocycles. The zero-order valence-corrected chi connectivity index (χ0v) is 19.6. The lowest BCUT2D eigenvalue weighted by molar-refractivity contribution is 0.0963. The van der Waals surface area contributed by atoms with Gasteiger partial charge in [-0.1, -0.05) is 24.3 Å². The van der Waals surface area contributed by atoms with Crippen molar-refractivity contribution in [3.8, 4) is 5.75 Å². The summed E-state index contributed by atoms with van der Waals surface area (Å²) in [5.41, 5.74) is 3.72. The van der Waals surface area contributed by atoms with E-state index in [2.05, 4.69) is 41.1 Å². The van der Waals surface area contributed by atoms with Gasteiger partial charge in [-0.25, -0.2) is 4.99 Å². The standard InChI is InChI=1S/C25H36N4O2/c1-7-27-24(28-14-13-19-9-8-10-20(16-19)23(30)26-6)29-17-21-12-11-18(2)15-22(21)31-25(3,4)5/h8-12,15-16H,7,13-14,17H2,1-6H3,(H,26,30)(H2,27,28,29). The Morgan fingerprint density at radius 2 is 1.87 bits per heavy atom. The molecule has 0 aliphatic rings. The summed E-state index contributed by atoms with van der Waals surface area (Å²) < 4.78 is 6.14. The number of benzene rings is 2. The van der Waals surface area contributed by atoms with Crippen molar-refractivity contribution >= 4 is 11.9 Å². The Morgan fingerprint density at radius 1 is 1.10 bits per heavy atom. The Balaban J connectivity index is 2.04.